The van der Waals surface area contributed by atoms with E-state index in [1.807, 2.05) is 0 Å². The lowest BCUT2D eigenvalue weighted by atomic mass is 10.2. The Kier molecular flexibility index (Phi) is 2.22. The van der Waals surface area contributed by atoms with Crippen molar-refractivity contribution in [2.24, 2.45) is 0 Å². The Balaban J connectivity index is 2.33. The molecule has 2 N–H and O–H groups in total. The molecule has 1 aliphatic rings. The molecule has 12 heavy (non-hydrogen) atoms. The van der Waals surface area contributed by atoms with Crippen molar-refractivity contribution in [2.45, 2.75) is 25.5 Å². The number of ether oxygens (including phenoxy) is 1. The van der Waals surface area contributed by atoms with Gasteiger partial charge < -0.3 is 15.2 Å². The zero-order chi connectivity index (χ0) is 9.84. The Hall–Kier alpha value is -1.10. The molecule has 5 nitrogen and oxygen atoms in total. The summed E-state index contributed by atoms with van der Waals surface area (Å²) in [5, 5.41) is 11.3. The quantitative estimate of drug-likeness (QED) is 0.545. The first-order valence-corrected chi connectivity index (χ1v) is 3.58. The maximum Gasteiger partial charge on any atom is 0.320 e. The second-order valence-electron chi connectivity index (χ2n) is 2.65. The lowest BCUT2D eigenvalue weighted by molar-refractivity contribution is -0.146. The van der Waals surface area contributed by atoms with Crippen molar-refractivity contribution in [1.82, 2.24) is 5.32 Å². The number of rotatable bonds is 2. The van der Waals surface area contributed by atoms with E-state index in [0.29, 0.717) is 6.54 Å². The standard InChI is InChI=1S/C7H11NO4/c1-4(9)12-5-2-6(7(10)11)8-3-5/h5-6,8H,2-3H2,1H3,(H,10,11)/t5-,6-/m0/s1/i1D. The van der Waals surface area contributed by atoms with Gasteiger partial charge in [-0.2, -0.15) is 0 Å². The minimum atomic E-state index is -0.940. The molecule has 1 aliphatic heterocycles. The summed E-state index contributed by atoms with van der Waals surface area (Å²) in [5.41, 5.74) is 0. The van der Waals surface area contributed by atoms with Gasteiger partial charge in [0.25, 0.3) is 0 Å². The van der Waals surface area contributed by atoms with Crippen LogP contribution < -0.4 is 5.32 Å². The molecule has 1 rings (SSSR count). The van der Waals surface area contributed by atoms with E-state index >= 15 is 0 Å². The van der Waals surface area contributed by atoms with Gasteiger partial charge in [-0.3, -0.25) is 9.59 Å². The molecule has 0 aromatic heterocycles. The fourth-order valence-corrected chi connectivity index (χ4v) is 1.17. The third-order valence-corrected chi connectivity index (χ3v) is 1.69. The molecule has 0 bridgehead atoms. The molecule has 1 fully saturated rings. The Bertz CT molecular complexity index is 221. The van der Waals surface area contributed by atoms with E-state index in [-0.39, 0.29) is 6.42 Å². The summed E-state index contributed by atoms with van der Waals surface area (Å²) in [4.78, 5) is 21.1. The van der Waals surface area contributed by atoms with E-state index in [4.69, 9.17) is 11.2 Å². The van der Waals surface area contributed by atoms with Crippen molar-refractivity contribution in [1.29, 1.82) is 0 Å². The maximum atomic E-state index is 10.7. The Labute approximate surface area is 71.1 Å². The fraction of sp³-hybridized carbons (Fsp3) is 0.714. The van der Waals surface area contributed by atoms with Crippen molar-refractivity contribution in [3.63, 3.8) is 0 Å². The number of hydrogen-bond acceptors (Lipinski definition) is 4. The lowest BCUT2D eigenvalue weighted by Crippen LogP contribution is -2.29. The molecule has 1 heterocycles. The van der Waals surface area contributed by atoms with E-state index in [9.17, 15) is 9.59 Å². The molecule has 0 aromatic carbocycles. The monoisotopic (exact) mass is 174 g/mol. The number of carboxylic acid groups (broad SMARTS) is 1. The predicted octanol–water partition coefficient (Wildman–Crippen LogP) is -0.635. The van der Waals surface area contributed by atoms with Crippen LogP contribution in [0.1, 0.15) is 14.7 Å². The van der Waals surface area contributed by atoms with Gasteiger partial charge in [0.05, 0.1) is 0 Å². The molecule has 68 valence electrons. The fourth-order valence-electron chi connectivity index (χ4n) is 1.17. The predicted molar refractivity (Wildman–Crippen MR) is 39.6 cm³/mol. The molecule has 0 aromatic rings. The molecule has 5 heteroatoms. The van der Waals surface area contributed by atoms with Crippen molar-refractivity contribution in [2.75, 3.05) is 6.54 Å². The molecule has 0 amide bonds. The first-order chi connectivity index (χ1) is 6.13. The normalized spacial score (nSPS) is 29.5. The molecule has 1 saturated heterocycles. The molecular formula is C7H11NO4. The van der Waals surface area contributed by atoms with Crippen molar-refractivity contribution < 1.29 is 20.8 Å². The minimum absolute atomic E-state index is 0.279. The largest absolute Gasteiger partial charge is 0.480 e. The highest BCUT2D eigenvalue weighted by molar-refractivity contribution is 5.74. The van der Waals surface area contributed by atoms with Crippen LogP contribution in [-0.4, -0.2) is 35.7 Å². The summed E-state index contributed by atoms with van der Waals surface area (Å²) in [5.74, 6) is -1.55. The van der Waals surface area contributed by atoms with E-state index in [2.05, 4.69) is 5.32 Å². The zero-order valence-electron chi connectivity index (χ0n) is 7.45. The van der Waals surface area contributed by atoms with Crippen LogP contribution in [0.3, 0.4) is 0 Å². The third kappa shape index (κ3) is 2.20. The van der Waals surface area contributed by atoms with Gasteiger partial charge in [-0.15, -0.1) is 0 Å². The van der Waals surface area contributed by atoms with Gasteiger partial charge in [-0.05, 0) is 0 Å². The molecule has 0 aliphatic carbocycles. The third-order valence-electron chi connectivity index (χ3n) is 1.69. The first-order valence-electron chi connectivity index (χ1n) is 4.29. The van der Waals surface area contributed by atoms with Crippen molar-refractivity contribution >= 4 is 11.9 Å². The second-order valence-corrected chi connectivity index (χ2v) is 2.65. The van der Waals surface area contributed by atoms with E-state index < -0.39 is 31.0 Å². The smallest absolute Gasteiger partial charge is 0.320 e. The highest BCUT2D eigenvalue weighted by Gasteiger charge is 2.30. The van der Waals surface area contributed by atoms with Gasteiger partial charge in [-0.1, -0.05) is 0 Å². The highest BCUT2D eigenvalue weighted by atomic mass is 16.5. The van der Waals surface area contributed by atoms with Gasteiger partial charge in [0, 0.05) is 21.2 Å². The van der Waals surface area contributed by atoms with Crippen LogP contribution >= 0.6 is 0 Å². The number of carbonyl (C=O) groups excluding carboxylic acids is 1. The Morgan fingerprint density at radius 2 is 2.50 bits per heavy atom. The lowest BCUT2D eigenvalue weighted by Gasteiger charge is -2.07. The van der Waals surface area contributed by atoms with Crippen molar-refractivity contribution in [3.05, 3.63) is 0 Å². The van der Waals surface area contributed by atoms with Gasteiger partial charge in [0.2, 0.25) is 0 Å². The van der Waals surface area contributed by atoms with Gasteiger partial charge in [0.1, 0.15) is 12.1 Å². The van der Waals surface area contributed by atoms with Crippen LogP contribution in [0, 0.1) is 0 Å². The van der Waals surface area contributed by atoms with Gasteiger partial charge in [0.15, 0.2) is 0 Å². The molecule has 0 spiro atoms. The molecule has 0 unspecified atom stereocenters. The van der Waals surface area contributed by atoms with Gasteiger partial charge >= 0.3 is 11.9 Å². The summed E-state index contributed by atoms with van der Waals surface area (Å²) in [6.45, 7) is -0.0725. The van der Waals surface area contributed by atoms with Crippen LogP contribution in [0.15, 0.2) is 0 Å². The molecule has 0 radical (unpaired) electrons. The number of nitrogens with one attached hydrogen (secondary N) is 1. The van der Waals surface area contributed by atoms with Crippen LogP contribution in [0.2, 0.25) is 0 Å². The zero-order valence-corrected chi connectivity index (χ0v) is 6.45. The van der Waals surface area contributed by atoms with E-state index in [1.54, 1.807) is 0 Å². The summed E-state index contributed by atoms with van der Waals surface area (Å²) < 4.78 is 11.5. The number of hydrogen-bond donors (Lipinski definition) is 2. The summed E-state index contributed by atoms with van der Waals surface area (Å²) in [6.07, 6.45) is -0.125. The van der Waals surface area contributed by atoms with Crippen LogP contribution in [0.5, 0.6) is 0 Å². The van der Waals surface area contributed by atoms with Crippen molar-refractivity contribution in [3.8, 4) is 0 Å². The molecule has 0 saturated carbocycles. The summed E-state index contributed by atoms with van der Waals surface area (Å²) >= 11 is 0. The topological polar surface area (TPSA) is 75.6 Å². The minimum Gasteiger partial charge on any atom is -0.480 e. The SMILES string of the molecule is [2H]CC(=O)O[C@@H]1CN[C@H](C(=O)O)C1. The van der Waals surface area contributed by atoms with E-state index in [0.717, 1.165) is 0 Å². The number of esters is 1. The van der Waals surface area contributed by atoms with Gasteiger partial charge in [-0.25, -0.2) is 0 Å². The number of carboxylic acids is 1. The second kappa shape index (κ2) is 3.53. The van der Waals surface area contributed by atoms with E-state index in [1.165, 1.54) is 0 Å². The number of carbonyl (C=O) groups is 2. The van der Waals surface area contributed by atoms with Crippen LogP contribution in [0.4, 0.5) is 0 Å². The Morgan fingerprint density at radius 3 is 3.00 bits per heavy atom. The average molecular weight is 174 g/mol. The van der Waals surface area contributed by atoms with Crippen LogP contribution in [0.25, 0.3) is 0 Å². The average Bonchev–Trinajstić information content (AvgIpc) is 2.52. The maximum absolute atomic E-state index is 10.7. The Morgan fingerprint density at radius 1 is 1.75 bits per heavy atom. The molecular weight excluding hydrogens is 162 g/mol. The highest BCUT2D eigenvalue weighted by Crippen LogP contribution is 2.10. The first kappa shape index (κ1) is 7.54. The molecule has 2 atom stereocenters. The van der Waals surface area contributed by atoms with Crippen LogP contribution in [-0.2, 0) is 14.3 Å². The number of aliphatic carboxylic acids is 1. The summed E-state index contributed by atoms with van der Waals surface area (Å²) in [6, 6.07) is -0.636. The summed E-state index contributed by atoms with van der Waals surface area (Å²) in [7, 11) is 0.